The molecule has 1 aliphatic rings. The molecule has 1 amide bonds. The summed E-state index contributed by atoms with van der Waals surface area (Å²) in [5.74, 6) is -0.147. The van der Waals surface area contributed by atoms with Gasteiger partial charge in [0.2, 0.25) is 0 Å². The van der Waals surface area contributed by atoms with Crippen molar-refractivity contribution >= 4 is 24.0 Å². The van der Waals surface area contributed by atoms with E-state index in [1.54, 1.807) is 12.1 Å². The Morgan fingerprint density at radius 1 is 1.37 bits per heavy atom. The number of aryl methyl sites for hydroxylation is 1. The summed E-state index contributed by atoms with van der Waals surface area (Å²) in [6.45, 7) is 1.88. The maximum atomic E-state index is 12.2. The molecule has 1 saturated carbocycles. The van der Waals surface area contributed by atoms with Gasteiger partial charge in [0.05, 0.1) is 12.1 Å². The Labute approximate surface area is 119 Å². The first-order valence-corrected chi connectivity index (χ1v) is 6.43. The molecule has 0 bridgehead atoms. The van der Waals surface area contributed by atoms with Crippen molar-refractivity contribution in [2.75, 3.05) is 5.73 Å². The number of nitrogen functional groups attached to an aromatic ring is 1. The third-order valence-corrected chi connectivity index (χ3v) is 3.55. The maximum absolute atomic E-state index is 12.2. The van der Waals surface area contributed by atoms with E-state index in [-0.39, 0.29) is 24.4 Å². The van der Waals surface area contributed by atoms with E-state index in [1.807, 2.05) is 13.0 Å². The van der Waals surface area contributed by atoms with E-state index >= 15 is 0 Å². The Bertz CT molecular complexity index is 451. The number of hydrogen-bond acceptors (Lipinski definition) is 3. The highest BCUT2D eigenvalue weighted by molar-refractivity contribution is 5.96. The Hall–Kier alpha value is -1.26. The molecule has 1 aliphatic carbocycles. The first-order valence-electron chi connectivity index (χ1n) is 6.43. The van der Waals surface area contributed by atoms with Crippen LogP contribution >= 0.6 is 12.4 Å². The summed E-state index contributed by atoms with van der Waals surface area (Å²) in [5, 5.41) is 12.8. The van der Waals surface area contributed by atoms with Gasteiger partial charge in [0.15, 0.2) is 0 Å². The number of nitrogens with two attached hydrogens (primary N) is 1. The van der Waals surface area contributed by atoms with Gasteiger partial charge in [-0.25, -0.2) is 0 Å². The molecule has 0 aromatic heterocycles. The maximum Gasteiger partial charge on any atom is 0.251 e. The van der Waals surface area contributed by atoms with Crippen molar-refractivity contribution < 1.29 is 9.90 Å². The number of rotatable bonds is 2. The van der Waals surface area contributed by atoms with Gasteiger partial charge in [-0.3, -0.25) is 4.79 Å². The van der Waals surface area contributed by atoms with Crippen LogP contribution in [0.15, 0.2) is 18.2 Å². The fourth-order valence-electron chi connectivity index (χ4n) is 2.41. The smallest absolute Gasteiger partial charge is 0.251 e. The van der Waals surface area contributed by atoms with E-state index in [4.69, 9.17) is 5.73 Å². The third-order valence-electron chi connectivity index (χ3n) is 3.55. The van der Waals surface area contributed by atoms with Gasteiger partial charge in [-0.2, -0.15) is 0 Å². The molecule has 5 heteroatoms. The predicted octanol–water partition coefficient (Wildman–Crippen LogP) is 2.03. The number of carbonyl (C=O) groups excluding carboxylic acids is 1. The van der Waals surface area contributed by atoms with Crippen LogP contribution in [0.2, 0.25) is 0 Å². The van der Waals surface area contributed by atoms with Crippen LogP contribution in [-0.4, -0.2) is 23.2 Å². The summed E-state index contributed by atoms with van der Waals surface area (Å²) in [6.07, 6.45) is 3.27. The summed E-state index contributed by atoms with van der Waals surface area (Å²) in [5.41, 5.74) is 7.76. The molecule has 0 aliphatic heterocycles. The Balaban J connectivity index is 0.00000180. The Morgan fingerprint density at radius 2 is 2.05 bits per heavy atom. The lowest BCUT2D eigenvalue weighted by molar-refractivity contribution is 0.0717. The minimum Gasteiger partial charge on any atom is -0.399 e. The molecular weight excluding hydrogens is 264 g/mol. The minimum absolute atomic E-state index is 0. The lowest BCUT2D eigenvalue weighted by Crippen LogP contribution is -2.45. The van der Waals surface area contributed by atoms with Crippen molar-refractivity contribution in [3.05, 3.63) is 29.3 Å². The zero-order valence-electron chi connectivity index (χ0n) is 11.1. The first kappa shape index (κ1) is 15.8. The quantitative estimate of drug-likeness (QED) is 0.728. The molecule has 0 unspecified atom stereocenters. The highest BCUT2D eigenvalue weighted by Crippen LogP contribution is 2.19. The number of nitrogens with one attached hydrogen (secondary N) is 1. The fourth-order valence-corrected chi connectivity index (χ4v) is 2.41. The van der Waals surface area contributed by atoms with Crippen LogP contribution in [0, 0.1) is 6.92 Å². The second-order valence-corrected chi connectivity index (χ2v) is 5.01. The van der Waals surface area contributed by atoms with Crippen LogP contribution in [0.3, 0.4) is 0 Å². The average molecular weight is 285 g/mol. The van der Waals surface area contributed by atoms with Crippen molar-refractivity contribution in [3.8, 4) is 0 Å². The number of carbonyl (C=O) groups is 1. The number of anilines is 1. The van der Waals surface area contributed by atoms with Crippen LogP contribution in [0.25, 0.3) is 0 Å². The van der Waals surface area contributed by atoms with Crippen molar-refractivity contribution in [1.82, 2.24) is 5.32 Å². The van der Waals surface area contributed by atoms with Crippen LogP contribution in [0.1, 0.15) is 41.6 Å². The molecule has 1 aromatic rings. The van der Waals surface area contributed by atoms with Gasteiger partial charge < -0.3 is 16.2 Å². The van der Waals surface area contributed by atoms with Gasteiger partial charge in [0.1, 0.15) is 0 Å². The van der Waals surface area contributed by atoms with Crippen LogP contribution in [0.5, 0.6) is 0 Å². The zero-order chi connectivity index (χ0) is 13.1. The van der Waals surface area contributed by atoms with Gasteiger partial charge in [-0.1, -0.05) is 18.9 Å². The molecule has 0 radical (unpaired) electrons. The average Bonchev–Trinajstić information content (AvgIpc) is 2.35. The normalized spacial score (nSPS) is 22.4. The molecule has 1 fully saturated rings. The summed E-state index contributed by atoms with van der Waals surface area (Å²) >= 11 is 0. The van der Waals surface area contributed by atoms with Gasteiger partial charge in [-0.05, 0) is 37.5 Å². The molecule has 0 heterocycles. The minimum atomic E-state index is -0.427. The molecule has 2 rings (SSSR count). The fraction of sp³-hybridized carbons (Fsp3) is 0.500. The number of benzene rings is 1. The number of hydrogen-bond donors (Lipinski definition) is 3. The van der Waals surface area contributed by atoms with Crippen LogP contribution in [0.4, 0.5) is 5.69 Å². The molecule has 106 valence electrons. The summed E-state index contributed by atoms with van der Waals surface area (Å²) in [6, 6.07) is 5.16. The summed E-state index contributed by atoms with van der Waals surface area (Å²) in [4.78, 5) is 12.2. The second-order valence-electron chi connectivity index (χ2n) is 5.01. The van der Waals surface area contributed by atoms with E-state index in [1.165, 1.54) is 0 Å². The Kier molecular flexibility index (Phi) is 5.63. The molecule has 4 N–H and O–H groups in total. The Morgan fingerprint density at radius 3 is 2.74 bits per heavy atom. The topological polar surface area (TPSA) is 75.4 Å². The van der Waals surface area contributed by atoms with Crippen LogP contribution in [-0.2, 0) is 0 Å². The lowest BCUT2D eigenvalue weighted by Gasteiger charge is -2.28. The number of aliphatic hydroxyl groups excluding tert-OH is 1. The summed E-state index contributed by atoms with van der Waals surface area (Å²) < 4.78 is 0. The van der Waals surface area contributed by atoms with Crippen molar-refractivity contribution in [2.24, 2.45) is 0 Å². The van der Waals surface area contributed by atoms with Crippen molar-refractivity contribution in [1.29, 1.82) is 0 Å². The van der Waals surface area contributed by atoms with Gasteiger partial charge in [0, 0.05) is 11.3 Å². The molecule has 0 spiro atoms. The predicted molar refractivity (Wildman–Crippen MR) is 78.6 cm³/mol. The molecule has 1 aromatic carbocycles. The van der Waals surface area contributed by atoms with Gasteiger partial charge in [0.25, 0.3) is 5.91 Å². The number of aliphatic hydroxyl groups is 1. The van der Waals surface area contributed by atoms with E-state index in [2.05, 4.69) is 5.32 Å². The van der Waals surface area contributed by atoms with Gasteiger partial charge in [-0.15, -0.1) is 12.4 Å². The van der Waals surface area contributed by atoms with E-state index in [0.29, 0.717) is 11.3 Å². The summed E-state index contributed by atoms with van der Waals surface area (Å²) in [7, 11) is 0. The standard InChI is InChI=1S/C14H20N2O2.ClH/c1-9-6-7-10(15)8-11(9)14(18)16-12-4-2-3-5-13(12)17;/h6-8,12-13,17H,2-5,15H2,1H3,(H,16,18);1H/t12-,13-;/m1./s1. The lowest BCUT2D eigenvalue weighted by atomic mass is 9.92. The first-order chi connectivity index (χ1) is 8.58. The highest BCUT2D eigenvalue weighted by atomic mass is 35.5. The highest BCUT2D eigenvalue weighted by Gasteiger charge is 2.25. The van der Waals surface area contributed by atoms with Crippen LogP contribution < -0.4 is 11.1 Å². The van der Waals surface area contributed by atoms with Gasteiger partial charge >= 0.3 is 0 Å². The third kappa shape index (κ3) is 3.85. The SMILES string of the molecule is Cc1ccc(N)cc1C(=O)N[C@@H]1CCCC[C@H]1O.Cl. The monoisotopic (exact) mass is 284 g/mol. The number of halogens is 1. The van der Waals surface area contributed by atoms with E-state index in [9.17, 15) is 9.90 Å². The molecule has 0 saturated heterocycles. The molecule has 4 nitrogen and oxygen atoms in total. The molecule has 19 heavy (non-hydrogen) atoms. The van der Waals surface area contributed by atoms with E-state index in [0.717, 1.165) is 31.2 Å². The largest absolute Gasteiger partial charge is 0.399 e. The second kappa shape index (κ2) is 6.78. The molecular formula is C14H21ClN2O2. The number of amides is 1. The zero-order valence-corrected chi connectivity index (χ0v) is 11.9. The van der Waals surface area contributed by atoms with Crippen molar-refractivity contribution in [3.63, 3.8) is 0 Å². The van der Waals surface area contributed by atoms with E-state index < -0.39 is 6.10 Å². The van der Waals surface area contributed by atoms with Crippen molar-refractivity contribution in [2.45, 2.75) is 44.8 Å². The molecule has 2 atom stereocenters.